The third kappa shape index (κ3) is 3.85. The van der Waals surface area contributed by atoms with Gasteiger partial charge in [0.1, 0.15) is 0 Å². The van der Waals surface area contributed by atoms with Crippen molar-refractivity contribution in [1.29, 1.82) is 0 Å². The average molecular weight is 318 g/mol. The molecule has 0 radical (unpaired) electrons. The minimum atomic E-state index is -2.21. The van der Waals surface area contributed by atoms with Crippen LogP contribution in [0.5, 0.6) is 0 Å². The monoisotopic (exact) mass is 318 g/mol. The number of benzene rings is 1. The predicted molar refractivity (Wildman–Crippen MR) is 61.2 cm³/mol. The third-order valence-corrected chi connectivity index (χ3v) is 3.36. The first kappa shape index (κ1) is 17.2. The van der Waals surface area contributed by atoms with Crippen molar-refractivity contribution in [3.8, 4) is 0 Å². The maximum atomic E-state index is 13.3. The zero-order chi connectivity index (χ0) is 15.3. The molecule has 0 unspecified atom stereocenters. The molecular weight excluding hydrogens is 306 g/mol. The van der Waals surface area contributed by atoms with E-state index < -0.39 is 49.9 Å². The van der Waals surface area contributed by atoms with Crippen LogP contribution in [0, 0.1) is 29.1 Å². The number of hydrogen-bond acceptors (Lipinski definition) is 3. The van der Waals surface area contributed by atoms with Crippen LogP contribution in [0.3, 0.4) is 0 Å². The van der Waals surface area contributed by atoms with Gasteiger partial charge in [-0.1, -0.05) is 0 Å². The van der Waals surface area contributed by atoms with Gasteiger partial charge in [0.2, 0.25) is 5.82 Å². The van der Waals surface area contributed by atoms with E-state index >= 15 is 0 Å². The summed E-state index contributed by atoms with van der Waals surface area (Å²) in [5.41, 5.74) is -1.06. The fourth-order valence-corrected chi connectivity index (χ4v) is 2.10. The molecule has 3 nitrogen and oxygen atoms in total. The highest BCUT2D eigenvalue weighted by Gasteiger charge is 2.26. The first-order chi connectivity index (χ1) is 9.43. The van der Waals surface area contributed by atoms with E-state index in [-0.39, 0.29) is 13.2 Å². The molecule has 0 aromatic heterocycles. The van der Waals surface area contributed by atoms with E-state index in [2.05, 4.69) is 0 Å². The van der Waals surface area contributed by atoms with Crippen molar-refractivity contribution in [2.75, 3.05) is 13.2 Å². The zero-order valence-corrected chi connectivity index (χ0v) is 11.6. The van der Waals surface area contributed by atoms with Gasteiger partial charge >= 0.3 is 8.60 Å². The summed E-state index contributed by atoms with van der Waals surface area (Å²) in [5.74, 6) is -10.1. The van der Waals surface area contributed by atoms with E-state index in [1.165, 1.54) is 0 Å². The van der Waals surface area contributed by atoms with Crippen LogP contribution in [0.1, 0.15) is 19.4 Å². The van der Waals surface area contributed by atoms with Crippen LogP contribution in [-0.2, 0) is 20.2 Å². The van der Waals surface area contributed by atoms with E-state index in [9.17, 15) is 22.0 Å². The van der Waals surface area contributed by atoms with Gasteiger partial charge in [0.05, 0.1) is 25.4 Å². The molecule has 0 saturated carbocycles. The lowest BCUT2D eigenvalue weighted by Gasteiger charge is -2.15. The van der Waals surface area contributed by atoms with Gasteiger partial charge in [-0.2, -0.15) is 0 Å². The summed E-state index contributed by atoms with van der Waals surface area (Å²) in [4.78, 5) is 0. The van der Waals surface area contributed by atoms with E-state index in [0.717, 1.165) is 0 Å². The molecule has 9 heteroatoms. The van der Waals surface area contributed by atoms with E-state index in [1.807, 2.05) is 0 Å². The van der Waals surface area contributed by atoms with Crippen molar-refractivity contribution in [2.24, 2.45) is 0 Å². The highest BCUT2D eigenvalue weighted by molar-refractivity contribution is 7.41. The Morgan fingerprint density at radius 1 is 0.700 bits per heavy atom. The summed E-state index contributed by atoms with van der Waals surface area (Å²) in [6.45, 7) is 2.84. The smallest absolute Gasteiger partial charge is 0.313 e. The normalized spacial score (nSPS) is 11.4. The second-order valence-electron chi connectivity index (χ2n) is 3.38. The molecule has 0 amide bonds. The molecule has 114 valence electrons. The lowest BCUT2D eigenvalue weighted by atomic mass is 10.2. The molecule has 0 aliphatic rings. The van der Waals surface area contributed by atoms with Gasteiger partial charge in [-0.15, -0.1) is 0 Å². The molecule has 1 rings (SSSR count). The van der Waals surface area contributed by atoms with Crippen molar-refractivity contribution >= 4 is 8.60 Å². The molecule has 0 fully saturated rings. The molecule has 0 spiro atoms. The summed E-state index contributed by atoms with van der Waals surface area (Å²) in [6, 6.07) is 0. The molecule has 0 aliphatic heterocycles. The van der Waals surface area contributed by atoms with Gasteiger partial charge < -0.3 is 13.6 Å². The zero-order valence-electron chi connectivity index (χ0n) is 10.7. The minimum Gasteiger partial charge on any atom is -0.313 e. The maximum absolute atomic E-state index is 13.3. The summed E-state index contributed by atoms with van der Waals surface area (Å²) in [5, 5.41) is 0. The Labute approximate surface area is 113 Å². The van der Waals surface area contributed by atoms with Crippen LogP contribution in [-0.4, -0.2) is 13.2 Å². The van der Waals surface area contributed by atoms with Crippen LogP contribution in [0.2, 0.25) is 0 Å². The summed E-state index contributed by atoms with van der Waals surface area (Å²) in [7, 11) is -1.91. The molecule has 20 heavy (non-hydrogen) atoms. The maximum Gasteiger partial charge on any atom is 0.332 e. The molecule has 1 aromatic carbocycles. The molecule has 0 heterocycles. The molecule has 0 N–H and O–H groups in total. The van der Waals surface area contributed by atoms with Gasteiger partial charge in [-0.3, -0.25) is 0 Å². The van der Waals surface area contributed by atoms with Crippen LogP contribution in [0.15, 0.2) is 0 Å². The van der Waals surface area contributed by atoms with Crippen LogP contribution in [0.4, 0.5) is 22.0 Å². The Hall–Kier alpha value is -0.820. The summed E-state index contributed by atoms with van der Waals surface area (Å²) >= 11 is 0. The third-order valence-electron chi connectivity index (χ3n) is 2.08. The largest absolute Gasteiger partial charge is 0.332 e. The predicted octanol–water partition coefficient (Wildman–Crippen LogP) is 4.20. The minimum absolute atomic E-state index is 0.211. The SMILES string of the molecule is CCOP(OCC)OCc1c(F)c(F)c(F)c(F)c1F. The molecule has 0 saturated heterocycles. The quantitative estimate of drug-likeness (QED) is 0.326. The highest BCUT2D eigenvalue weighted by atomic mass is 31.2. The van der Waals surface area contributed by atoms with Gasteiger partial charge in [-0.05, 0) is 13.8 Å². The molecule has 0 aliphatic carbocycles. The molecule has 1 aromatic rings. The lowest BCUT2D eigenvalue weighted by molar-refractivity contribution is 0.160. The van der Waals surface area contributed by atoms with Crippen LogP contribution in [0.25, 0.3) is 0 Å². The van der Waals surface area contributed by atoms with Gasteiger partial charge in [0, 0.05) is 0 Å². The van der Waals surface area contributed by atoms with Crippen molar-refractivity contribution < 1.29 is 35.5 Å². The van der Waals surface area contributed by atoms with Gasteiger partial charge in [-0.25, -0.2) is 22.0 Å². The van der Waals surface area contributed by atoms with Crippen LogP contribution < -0.4 is 0 Å². The lowest BCUT2D eigenvalue weighted by Crippen LogP contribution is -2.08. The van der Waals surface area contributed by atoms with Crippen LogP contribution >= 0.6 is 8.60 Å². The molecular formula is C11H12F5O3P. The Morgan fingerprint density at radius 3 is 1.50 bits per heavy atom. The Bertz CT molecular complexity index is 437. The summed E-state index contributed by atoms with van der Waals surface area (Å²) in [6.07, 6.45) is 0. The van der Waals surface area contributed by atoms with E-state index in [4.69, 9.17) is 13.6 Å². The van der Waals surface area contributed by atoms with Crippen molar-refractivity contribution in [3.63, 3.8) is 0 Å². The second-order valence-corrected chi connectivity index (χ2v) is 4.60. The van der Waals surface area contributed by atoms with Crippen molar-refractivity contribution in [3.05, 3.63) is 34.6 Å². The first-order valence-corrected chi connectivity index (χ1v) is 6.72. The summed E-state index contributed by atoms with van der Waals surface area (Å²) < 4.78 is 80.3. The molecule has 0 atom stereocenters. The fraction of sp³-hybridized carbons (Fsp3) is 0.455. The Kier molecular flexibility index (Phi) is 6.75. The van der Waals surface area contributed by atoms with Crippen molar-refractivity contribution in [1.82, 2.24) is 0 Å². The van der Waals surface area contributed by atoms with Crippen molar-refractivity contribution in [2.45, 2.75) is 20.5 Å². The Morgan fingerprint density at radius 2 is 1.10 bits per heavy atom. The van der Waals surface area contributed by atoms with Gasteiger partial charge in [0.15, 0.2) is 23.3 Å². The van der Waals surface area contributed by atoms with E-state index in [1.54, 1.807) is 13.8 Å². The van der Waals surface area contributed by atoms with E-state index in [0.29, 0.717) is 0 Å². The number of rotatable bonds is 7. The number of halogens is 5. The topological polar surface area (TPSA) is 27.7 Å². The second kappa shape index (κ2) is 7.83. The Balaban J connectivity index is 2.92. The fourth-order valence-electron chi connectivity index (χ4n) is 1.22. The standard InChI is InChI=1S/C11H12F5O3P/c1-3-17-20(18-4-2)19-5-6-7(12)9(14)11(16)10(15)8(6)13/h3-5H2,1-2H3. The number of hydrogen-bond donors (Lipinski definition) is 0. The molecule has 0 bridgehead atoms. The average Bonchev–Trinajstić information content (AvgIpc) is 2.43. The van der Waals surface area contributed by atoms with Gasteiger partial charge in [0.25, 0.3) is 0 Å². The highest BCUT2D eigenvalue weighted by Crippen LogP contribution is 2.40. The first-order valence-electron chi connectivity index (χ1n) is 5.63.